The van der Waals surface area contributed by atoms with Gasteiger partial charge in [0.1, 0.15) is 5.75 Å². The van der Waals surface area contributed by atoms with Crippen LogP contribution in [0.15, 0.2) is 24.3 Å². The van der Waals surface area contributed by atoms with Crippen molar-refractivity contribution in [1.82, 2.24) is 5.73 Å². The fourth-order valence-electron chi connectivity index (χ4n) is 2.06. The van der Waals surface area contributed by atoms with Crippen molar-refractivity contribution in [1.29, 1.82) is 0 Å². The molecule has 1 aromatic rings. The summed E-state index contributed by atoms with van der Waals surface area (Å²) in [7, 11) is 1.56. The standard InChI is InChI=1S/C15H22NO4/c1-14(2,3)20-15(18,10-13(16)17)9-11-6-5-7-12(8-11)19-4/h5-8,16,18H,9-10H2,1-4H3. The number of aliphatic hydroxyl groups is 1. The molecule has 1 rings (SSSR count). The van der Waals surface area contributed by atoms with Gasteiger partial charge in [-0.3, -0.25) is 10.5 Å². The molecule has 1 atom stereocenters. The van der Waals surface area contributed by atoms with Gasteiger partial charge in [-0.15, -0.1) is 0 Å². The Balaban J connectivity index is 2.96. The summed E-state index contributed by atoms with van der Waals surface area (Å²) in [6.07, 6.45) is -0.256. The lowest BCUT2D eigenvalue weighted by molar-refractivity contribution is -0.252. The zero-order chi connectivity index (χ0) is 15.4. The number of benzene rings is 1. The van der Waals surface area contributed by atoms with E-state index in [1.54, 1.807) is 46.1 Å². The van der Waals surface area contributed by atoms with Crippen LogP contribution in [0.2, 0.25) is 0 Å². The van der Waals surface area contributed by atoms with Gasteiger partial charge in [0.15, 0.2) is 5.79 Å². The fraction of sp³-hybridized carbons (Fsp3) is 0.533. The number of hydrogen-bond donors (Lipinski definition) is 1. The number of rotatable bonds is 6. The van der Waals surface area contributed by atoms with E-state index in [2.05, 4.69) is 0 Å². The highest BCUT2D eigenvalue weighted by Crippen LogP contribution is 2.26. The molecule has 1 aromatic carbocycles. The molecule has 0 spiro atoms. The summed E-state index contributed by atoms with van der Waals surface area (Å²) >= 11 is 0. The number of nitrogens with one attached hydrogen (secondary N) is 1. The average molecular weight is 280 g/mol. The van der Waals surface area contributed by atoms with Crippen LogP contribution in [0, 0.1) is 0 Å². The third-order valence-corrected chi connectivity index (χ3v) is 2.55. The summed E-state index contributed by atoms with van der Waals surface area (Å²) in [6, 6.07) is 7.18. The van der Waals surface area contributed by atoms with Crippen LogP contribution in [-0.4, -0.2) is 29.5 Å². The van der Waals surface area contributed by atoms with Crippen LogP contribution >= 0.6 is 0 Å². The van der Waals surface area contributed by atoms with E-state index in [-0.39, 0.29) is 12.8 Å². The molecule has 1 radical (unpaired) electrons. The molecule has 111 valence electrons. The molecule has 0 aliphatic rings. The zero-order valence-corrected chi connectivity index (χ0v) is 12.4. The fourth-order valence-corrected chi connectivity index (χ4v) is 2.06. The highest BCUT2D eigenvalue weighted by Gasteiger charge is 2.35. The maximum atomic E-state index is 11.1. The van der Waals surface area contributed by atoms with Crippen molar-refractivity contribution >= 4 is 5.91 Å². The molecule has 0 aliphatic carbocycles. The van der Waals surface area contributed by atoms with Crippen molar-refractivity contribution in [2.24, 2.45) is 0 Å². The Labute approximate surface area is 119 Å². The Kier molecular flexibility index (Phi) is 5.14. The van der Waals surface area contributed by atoms with Gasteiger partial charge in [-0.05, 0) is 38.5 Å². The van der Waals surface area contributed by atoms with E-state index in [1.165, 1.54) is 0 Å². The number of methoxy groups -OCH3 is 1. The van der Waals surface area contributed by atoms with Crippen LogP contribution in [0.5, 0.6) is 5.75 Å². The topological polar surface area (TPSA) is 79.6 Å². The molecule has 1 amide bonds. The van der Waals surface area contributed by atoms with Gasteiger partial charge in [-0.1, -0.05) is 12.1 Å². The molecule has 0 aromatic heterocycles. The van der Waals surface area contributed by atoms with E-state index in [0.717, 1.165) is 5.56 Å². The number of amides is 1. The van der Waals surface area contributed by atoms with Crippen LogP contribution < -0.4 is 10.5 Å². The molecule has 2 N–H and O–H groups in total. The lowest BCUT2D eigenvalue weighted by atomic mass is 10.00. The van der Waals surface area contributed by atoms with E-state index in [9.17, 15) is 9.90 Å². The first kappa shape index (κ1) is 16.5. The van der Waals surface area contributed by atoms with Crippen molar-refractivity contribution in [2.45, 2.75) is 45.0 Å². The minimum absolute atomic E-state index is 0.117. The number of carbonyl (C=O) groups excluding carboxylic acids is 1. The normalized spacial score (nSPS) is 14.7. The molecular formula is C15H22NO4. The van der Waals surface area contributed by atoms with Gasteiger partial charge in [0.25, 0.3) is 0 Å². The molecule has 5 heteroatoms. The van der Waals surface area contributed by atoms with Gasteiger partial charge >= 0.3 is 0 Å². The third-order valence-electron chi connectivity index (χ3n) is 2.55. The minimum Gasteiger partial charge on any atom is -0.497 e. The van der Waals surface area contributed by atoms with Crippen molar-refractivity contribution < 1.29 is 19.4 Å². The van der Waals surface area contributed by atoms with Crippen molar-refractivity contribution in [2.75, 3.05) is 7.11 Å². The van der Waals surface area contributed by atoms with E-state index in [0.29, 0.717) is 5.75 Å². The Hall–Kier alpha value is -1.59. The second-order valence-corrected chi connectivity index (χ2v) is 5.79. The number of hydrogen-bond acceptors (Lipinski definition) is 4. The maximum Gasteiger partial charge on any atom is 0.243 e. The average Bonchev–Trinajstić information content (AvgIpc) is 2.24. The lowest BCUT2D eigenvalue weighted by Crippen LogP contribution is -2.43. The van der Waals surface area contributed by atoms with Gasteiger partial charge in [0.2, 0.25) is 5.91 Å². The van der Waals surface area contributed by atoms with Gasteiger partial charge in [-0.25, -0.2) is 0 Å². The van der Waals surface area contributed by atoms with Crippen molar-refractivity contribution in [3.05, 3.63) is 29.8 Å². The van der Waals surface area contributed by atoms with E-state index in [1.807, 2.05) is 6.07 Å². The quantitative estimate of drug-likeness (QED) is 0.808. The second kappa shape index (κ2) is 6.24. The van der Waals surface area contributed by atoms with E-state index < -0.39 is 17.3 Å². The van der Waals surface area contributed by atoms with E-state index in [4.69, 9.17) is 15.2 Å². The zero-order valence-electron chi connectivity index (χ0n) is 12.4. The SMILES string of the molecule is COc1cccc(CC(O)(CC([NH])=O)OC(C)(C)C)c1. The van der Waals surface area contributed by atoms with Gasteiger partial charge < -0.3 is 14.6 Å². The monoisotopic (exact) mass is 280 g/mol. The smallest absolute Gasteiger partial charge is 0.243 e. The Bertz CT molecular complexity index is 467. The molecule has 0 fully saturated rings. The van der Waals surface area contributed by atoms with Crippen molar-refractivity contribution in [3.8, 4) is 5.75 Å². The summed E-state index contributed by atoms with van der Waals surface area (Å²) < 4.78 is 10.7. The minimum atomic E-state index is -1.69. The number of ether oxygens (including phenoxy) is 2. The largest absolute Gasteiger partial charge is 0.497 e. The highest BCUT2D eigenvalue weighted by atomic mass is 16.6. The molecule has 0 heterocycles. The first-order chi connectivity index (χ1) is 9.13. The molecule has 0 saturated carbocycles. The van der Waals surface area contributed by atoms with Crippen LogP contribution in [0.3, 0.4) is 0 Å². The van der Waals surface area contributed by atoms with Crippen LogP contribution in [0.4, 0.5) is 0 Å². The highest BCUT2D eigenvalue weighted by molar-refractivity contribution is 5.73. The van der Waals surface area contributed by atoms with Gasteiger partial charge in [0, 0.05) is 6.42 Å². The first-order valence-electron chi connectivity index (χ1n) is 6.43. The molecule has 0 aliphatic heterocycles. The molecule has 0 saturated heterocycles. The molecule has 0 bridgehead atoms. The summed E-state index contributed by atoms with van der Waals surface area (Å²) in [5.74, 6) is -1.89. The molecular weight excluding hydrogens is 258 g/mol. The number of carbonyl (C=O) groups is 1. The van der Waals surface area contributed by atoms with Crippen LogP contribution in [-0.2, 0) is 16.0 Å². The second-order valence-electron chi connectivity index (χ2n) is 5.79. The summed E-state index contributed by atoms with van der Waals surface area (Å²) in [4.78, 5) is 11.1. The lowest BCUT2D eigenvalue weighted by Gasteiger charge is -2.34. The Morgan fingerprint density at radius 3 is 2.50 bits per heavy atom. The van der Waals surface area contributed by atoms with Crippen LogP contribution in [0.25, 0.3) is 0 Å². The predicted molar refractivity (Wildman–Crippen MR) is 75.2 cm³/mol. The maximum absolute atomic E-state index is 11.1. The molecule has 20 heavy (non-hydrogen) atoms. The van der Waals surface area contributed by atoms with E-state index >= 15 is 0 Å². The molecule has 5 nitrogen and oxygen atoms in total. The van der Waals surface area contributed by atoms with Gasteiger partial charge in [-0.2, -0.15) is 0 Å². The van der Waals surface area contributed by atoms with Crippen LogP contribution in [0.1, 0.15) is 32.8 Å². The van der Waals surface area contributed by atoms with Crippen molar-refractivity contribution in [3.63, 3.8) is 0 Å². The summed E-state index contributed by atoms with van der Waals surface area (Å²) in [6.45, 7) is 5.37. The summed E-state index contributed by atoms with van der Waals surface area (Å²) in [5, 5.41) is 10.5. The molecule has 1 unspecified atom stereocenters. The Morgan fingerprint density at radius 1 is 1.35 bits per heavy atom. The summed E-state index contributed by atoms with van der Waals surface area (Å²) in [5.41, 5.74) is 7.24. The van der Waals surface area contributed by atoms with Gasteiger partial charge in [0.05, 0.1) is 19.1 Å². The third kappa shape index (κ3) is 5.59. The Morgan fingerprint density at radius 2 is 2.00 bits per heavy atom. The predicted octanol–water partition coefficient (Wildman–Crippen LogP) is 1.94. The first-order valence-corrected chi connectivity index (χ1v) is 6.43.